The van der Waals surface area contributed by atoms with Gasteiger partial charge < -0.3 is 10.1 Å². The van der Waals surface area contributed by atoms with Crippen LogP contribution in [0.25, 0.3) is 0 Å². The quantitative estimate of drug-likeness (QED) is 0.273. The summed E-state index contributed by atoms with van der Waals surface area (Å²) in [5, 5.41) is 1.70. The van der Waals surface area contributed by atoms with Gasteiger partial charge >= 0.3 is 11.0 Å². The van der Waals surface area contributed by atoms with Crippen LogP contribution >= 0.6 is 23.1 Å². The lowest BCUT2D eigenvalue weighted by Crippen LogP contribution is -2.33. The van der Waals surface area contributed by atoms with Crippen LogP contribution in [0.1, 0.15) is 27.5 Å². The summed E-state index contributed by atoms with van der Waals surface area (Å²) in [6.07, 6.45) is -4.70. The maximum absolute atomic E-state index is 14.0. The average Bonchev–Trinajstić information content (AvgIpc) is 3.43. The summed E-state index contributed by atoms with van der Waals surface area (Å²) in [7, 11) is 1.52. The SMILES string of the molecule is COc1ccc([C@H]2c3sc(=O)n(CC(=O)Nc4ccccc4C(F)(F)F)c3SC3C(=O)N(c4ccc(C)cc4)C(=O)C32)cc1. The number of ether oxygens (including phenoxy) is 1. The summed E-state index contributed by atoms with van der Waals surface area (Å²) >= 11 is 1.88. The number of anilines is 2. The maximum Gasteiger partial charge on any atom is 0.418 e. The van der Waals surface area contributed by atoms with Gasteiger partial charge in [-0.1, -0.05) is 65.1 Å². The third-order valence-electron chi connectivity index (χ3n) is 7.62. The number of hydrogen-bond acceptors (Lipinski definition) is 7. The fourth-order valence-corrected chi connectivity index (χ4v) is 8.32. The molecule has 0 saturated carbocycles. The normalized spacial score (nSPS) is 19.5. The van der Waals surface area contributed by atoms with Crippen molar-refractivity contribution >= 4 is 52.2 Å². The van der Waals surface area contributed by atoms with Crippen LogP contribution in [0.5, 0.6) is 5.75 Å². The van der Waals surface area contributed by atoms with Gasteiger partial charge in [0, 0.05) is 10.8 Å². The van der Waals surface area contributed by atoms with Gasteiger partial charge in [-0.15, -0.1) is 0 Å². The van der Waals surface area contributed by atoms with Gasteiger partial charge in [0.1, 0.15) is 17.5 Å². The minimum absolute atomic E-state index is 0.327. The third kappa shape index (κ3) is 5.19. The molecule has 2 aliphatic heterocycles. The maximum atomic E-state index is 14.0. The number of para-hydroxylation sites is 1. The van der Waals surface area contributed by atoms with Gasteiger partial charge in [0.15, 0.2) is 0 Å². The van der Waals surface area contributed by atoms with E-state index in [1.165, 1.54) is 19.2 Å². The second-order valence-electron chi connectivity index (χ2n) is 10.4. The molecule has 0 bridgehead atoms. The monoisotopic (exact) mass is 639 g/mol. The molecule has 0 aliphatic carbocycles. The van der Waals surface area contributed by atoms with E-state index in [4.69, 9.17) is 4.74 Å². The zero-order valence-electron chi connectivity index (χ0n) is 23.3. The zero-order chi connectivity index (χ0) is 31.3. The second-order valence-corrected chi connectivity index (χ2v) is 12.5. The summed E-state index contributed by atoms with van der Waals surface area (Å²) in [5.74, 6) is -2.66. The van der Waals surface area contributed by atoms with Crippen molar-refractivity contribution in [2.75, 3.05) is 17.3 Å². The molecule has 1 N–H and O–H groups in total. The standard InChI is InChI=1S/C31H24F3N3O5S2/c1-16-7-11-18(12-8-16)37-27(39)24-23(17-9-13-19(42-2)14-10-17)26-29(43-25(24)28(37)40)36(30(41)44-26)15-22(38)35-21-6-4-3-5-20(21)31(32,33)34/h3-14,23-25H,15H2,1-2H3,(H,35,38)/t23-,24?,25?/m1/s1. The molecule has 6 rings (SSSR count). The number of alkyl halides is 3. The molecular weight excluding hydrogens is 615 g/mol. The van der Waals surface area contributed by atoms with Gasteiger partial charge in [-0.3, -0.25) is 23.7 Å². The van der Waals surface area contributed by atoms with E-state index in [0.717, 1.165) is 50.3 Å². The van der Waals surface area contributed by atoms with E-state index in [0.29, 0.717) is 26.9 Å². The summed E-state index contributed by atoms with van der Waals surface area (Å²) in [6.45, 7) is 1.31. The Morgan fingerprint density at radius 1 is 0.955 bits per heavy atom. The Bertz CT molecular complexity index is 1830. The Hall–Kier alpha value is -4.36. The van der Waals surface area contributed by atoms with E-state index < -0.39 is 63.7 Å². The molecule has 8 nitrogen and oxygen atoms in total. The van der Waals surface area contributed by atoms with Crippen LogP contribution in [-0.4, -0.2) is 34.6 Å². The van der Waals surface area contributed by atoms with Crippen molar-refractivity contribution in [3.8, 4) is 5.75 Å². The lowest BCUT2D eigenvalue weighted by molar-refractivity contribution is -0.137. The molecule has 226 valence electrons. The number of fused-ring (bicyclic) bond motifs is 2. The number of carbonyl (C=O) groups is 3. The Kier molecular flexibility index (Phi) is 7.62. The Morgan fingerprint density at radius 3 is 2.30 bits per heavy atom. The Morgan fingerprint density at radius 2 is 1.64 bits per heavy atom. The zero-order valence-corrected chi connectivity index (χ0v) is 24.9. The first kappa shape index (κ1) is 29.7. The molecule has 1 fully saturated rings. The second kappa shape index (κ2) is 11.3. The number of methoxy groups -OCH3 is 1. The third-order valence-corrected chi connectivity index (χ3v) is 10.2. The Balaban J connectivity index is 1.40. The number of benzene rings is 3. The van der Waals surface area contributed by atoms with E-state index in [9.17, 15) is 32.3 Å². The predicted octanol–water partition coefficient (Wildman–Crippen LogP) is 5.68. The summed E-state index contributed by atoms with van der Waals surface area (Å²) in [5.41, 5.74) is 0.606. The lowest BCUT2D eigenvalue weighted by atomic mass is 9.83. The van der Waals surface area contributed by atoms with Crippen molar-refractivity contribution in [1.82, 2.24) is 4.57 Å². The highest BCUT2D eigenvalue weighted by molar-refractivity contribution is 8.00. The van der Waals surface area contributed by atoms with Gasteiger partial charge in [0.05, 0.1) is 35.0 Å². The topological polar surface area (TPSA) is 97.7 Å². The number of aromatic nitrogens is 1. The number of halogens is 3. The largest absolute Gasteiger partial charge is 0.497 e. The highest BCUT2D eigenvalue weighted by Crippen LogP contribution is 2.54. The molecule has 13 heteroatoms. The van der Waals surface area contributed by atoms with Crippen molar-refractivity contribution in [3.63, 3.8) is 0 Å². The minimum Gasteiger partial charge on any atom is -0.497 e. The summed E-state index contributed by atoms with van der Waals surface area (Å²) in [4.78, 5) is 55.3. The van der Waals surface area contributed by atoms with Gasteiger partial charge in [-0.2, -0.15) is 13.2 Å². The van der Waals surface area contributed by atoms with Crippen molar-refractivity contribution < 1.29 is 32.3 Å². The van der Waals surface area contributed by atoms with Gasteiger partial charge in [-0.05, 0) is 48.9 Å². The molecule has 44 heavy (non-hydrogen) atoms. The van der Waals surface area contributed by atoms with Crippen LogP contribution in [0.2, 0.25) is 0 Å². The van der Waals surface area contributed by atoms with Crippen molar-refractivity contribution in [3.05, 3.63) is 104 Å². The molecule has 4 aromatic rings. The highest BCUT2D eigenvalue weighted by atomic mass is 32.2. The molecule has 3 amide bonds. The number of thiazole rings is 1. The summed E-state index contributed by atoms with van der Waals surface area (Å²) in [6, 6.07) is 18.5. The van der Waals surface area contributed by atoms with Crippen LogP contribution in [0.15, 0.2) is 82.6 Å². The molecule has 0 spiro atoms. The highest BCUT2D eigenvalue weighted by Gasteiger charge is 2.56. The van der Waals surface area contributed by atoms with Crippen molar-refractivity contribution in [1.29, 1.82) is 0 Å². The first-order chi connectivity index (χ1) is 21.0. The van der Waals surface area contributed by atoms with Gasteiger partial charge in [0.2, 0.25) is 17.7 Å². The van der Waals surface area contributed by atoms with Gasteiger partial charge in [0.25, 0.3) is 0 Å². The number of hydrogen-bond donors (Lipinski definition) is 1. The number of imide groups is 1. The number of amides is 3. The molecule has 2 aliphatic rings. The van der Waals surface area contributed by atoms with E-state index in [2.05, 4.69) is 5.32 Å². The minimum atomic E-state index is -4.70. The van der Waals surface area contributed by atoms with Crippen molar-refractivity contribution in [2.45, 2.75) is 35.8 Å². The van der Waals surface area contributed by atoms with E-state index in [-0.39, 0.29) is 0 Å². The molecule has 3 aromatic carbocycles. The van der Waals surface area contributed by atoms with Crippen LogP contribution in [0.3, 0.4) is 0 Å². The molecule has 1 saturated heterocycles. The van der Waals surface area contributed by atoms with E-state index >= 15 is 0 Å². The molecule has 0 radical (unpaired) electrons. The van der Waals surface area contributed by atoms with E-state index in [1.807, 2.05) is 6.92 Å². The van der Waals surface area contributed by atoms with Crippen LogP contribution < -0.4 is 19.8 Å². The number of nitrogens with zero attached hydrogens (tertiary/aromatic N) is 2. The van der Waals surface area contributed by atoms with Crippen LogP contribution in [0, 0.1) is 12.8 Å². The smallest absolute Gasteiger partial charge is 0.418 e. The number of rotatable bonds is 6. The number of thioether (sulfide) groups is 1. The number of nitrogens with one attached hydrogen (secondary N) is 1. The average molecular weight is 640 g/mol. The molecule has 2 unspecified atom stereocenters. The molecule has 3 atom stereocenters. The first-order valence-corrected chi connectivity index (χ1v) is 15.1. The Labute approximate surface area is 257 Å². The molecule has 1 aromatic heterocycles. The first-order valence-electron chi connectivity index (χ1n) is 13.4. The fraction of sp³-hybridized carbons (Fsp3) is 0.226. The van der Waals surface area contributed by atoms with Crippen LogP contribution in [-0.2, 0) is 27.1 Å². The van der Waals surface area contributed by atoms with Crippen LogP contribution in [0.4, 0.5) is 24.5 Å². The lowest BCUT2D eigenvalue weighted by Gasteiger charge is -2.30. The van der Waals surface area contributed by atoms with E-state index in [1.54, 1.807) is 48.5 Å². The fourth-order valence-electron chi connectivity index (χ4n) is 5.55. The molecular formula is C31H24F3N3O5S2. The number of aryl methyl sites for hydroxylation is 1. The molecule has 3 heterocycles. The van der Waals surface area contributed by atoms with Gasteiger partial charge in [-0.25, -0.2) is 4.90 Å². The predicted molar refractivity (Wildman–Crippen MR) is 160 cm³/mol. The summed E-state index contributed by atoms with van der Waals surface area (Å²) < 4.78 is 47.0. The van der Waals surface area contributed by atoms with Crippen molar-refractivity contribution in [2.24, 2.45) is 5.92 Å². The number of carbonyl (C=O) groups excluding carboxylic acids is 3.